The van der Waals surface area contributed by atoms with Gasteiger partial charge in [0.25, 0.3) is 0 Å². The average Bonchev–Trinajstić information content (AvgIpc) is 2.66. The van der Waals surface area contributed by atoms with Crippen molar-refractivity contribution < 1.29 is 14.3 Å². The van der Waals surface area contributed by atoms with Crippen molar-refractivity contribution in [2.24, 2.45) is 29.1 Å². The van der Waals surface area contributed by atoms with Gasteiger partial charge in [-0.25, -0.2) is 4.39 Å². The van der Waals surface area contributed by atoms with Crippen LogP contribution in [-0.2, 0) is 4.79 Å². The number of aliphatic hydroxyl groups excluding tert-OH is 1. The van der Waals surface area contributed by atoms with Gasteiger partial charge in [-0.15, -0.1) is 0 Å². The Bertz CT molecular complexity index is 672. The third kappa shape index (κ3) is 3.10. The van der Waals surface area contributed by atoms with E-state index in [1.165, 1.54) is 31.4 Å². The summed E-state index contributed by atoms with van der Waals surface area (Å²) >= 11 is 0. The molecule has 1 N–H and O–H groups in total. The van der Waals surface area contributed by atoms with E-state index in [0.717, 1.165) is 68.5 Å². The van der Waals surface area contributed by atoms with Gasteiger partial charge >= 0.3 is 0 Å². The molecule has 5 fully saturated rings. The molecule has 27 heavy (non-hydrogen) atoms. The third-order valence-corrected chi connectivity index (χ3v) is 7.98. The molecule has 5 aliphatic rings. The molecule has 4 aliphatic carbocycles. The molecule has 4 bridgehead atoms. The average molecular weight is 371 g/mol. The summed E-state index contributed by atoms with van der Waals surface area (Å²) in [7, 11) is 0. The number of nitrogens with zero attached hydrogens (tertiary/aromatic N) is 1. The molecule has 4 saturated carbocycles. The lowest BCUT2D eigenvalue weighted by Crippen LogP contribution is -2.55. The molecule has 6 rings (SSSR count). The van der Waals surface area contributed by atoms with Crippen LogP contribution in [-0.4, -0.2) is 29.0 Å². The second-order valence-electron chi connectivity index (χ2n) is 9.82. The van der Waals surface area contributed by atoms with Gasteiger partial charge in [0.2, 0.25) is 5.91 Å². The van der Waals surface area contributed by atoms with Gasteiger partial charge in [0, 0.05) is 13.1 Å². The maximum Gasteiger partial charge on any atom is 0.228 e. The molecule has 1 aromatic carbocycles. The number of hydrogen-bond donors (Lipinski definition) is 1. The quantitative estimate of drug-likeness (QED) is 0.860. The van der Waals surface area contributed by atoms with E-state index in [-0.39, 0.29) is 17.2 Å². The maximum atomic E-state index is 13.5. The molecule has 0 aromatic heterocycles. The lowest BCUT2D eigenvalue weighted by atomic mass is 9.49. The maximum absolute atomic E-state index is 13.5. The Labute approximate surface area is 160 Å². The third-order valence-electron chi connectivity index (χ3n) is 7.98. The summed E-state index contributed by atoms with van der Waals surface area (Å²) in [6.07, 6.45) is 8.53. The molecule has 1 amide bonds. The standard InChI is InChI=1S/C23H30FNO2/c24-20-3-1-18(2-4-20)21(26)19-5-7-25(8-6-19)22(27)23-12-15-9-16(13-23)11-17(10-15)14-23/h1-4,15-17,19,21,26H,5-14H2. The Morgan fingerprint density at radius 1 is 1.00 bits per heavy atom. The molecule has 3 nitrogen and oxygen atoms in total. The molecule has 0 spiro atoms. The van der Waals surface area contributed by atoms with Crippen LogP contribution in [0.25, 0.3) is 0 Å². The number of likely N-dealkylation sites (tertiary alicyclic amines) is 1. The van der Waals surface area contributed by atoms with Gasteiger partial charge in [-0.1, -0.05) is 12.1 Å². The first kappa shape index (κ1) is 17.7. The van der Waals surface area contributed by atoms with Crippen molar-refractivity contribution >= 4 is 5.91 Å². The van der Waals surface area contributed by atoms with Gasteiger partial charge in [0.15, 0.2) is 0 Å². The predicted octanol–water partition coefficient (Wildman–Crippen LogP) is 4.31. The van der Waals surface area contributed by atoms with Crippen LogP contribution in [0, 0.1) is 34.9 Å². The Hall–Kier alpha value is -1.42. The number of halogens is 1. The van der Waals surface area contributed by atoms with Gasteiger partial charge in [-0.3, -0.25) is 4.79 Å². The minimum absolute atomic E-state index is 0.0584. The highest BCUT2D eigenvalue weighted by Crippen LogP contribution is 2.60. The predicted molar refractivity (Wildman–Crippen MR) is 101 cm³/mol. The van der Waals surface area contributed by atoms with Crippen molar-refractivity contribution in [3.8, 4) is 0 Å². The first-order valence-electron chi connectivity index (χ1n) is 10.8. The first-order chi connectivity index (χ1) is 13.0. The Balaban J connectivity index is 1.23. The number of carbonyl (C=O) groups is 1. The lowest BCUT2D eigenvalue weighted by molar-refractivity contribution is -0.159. The fourth-order valence-electron chi connectivity index (χ4n) is 7.06. The molecular formula is C23H30FNO2. The van der Waals surface area contributed by atoms with E-state index < -0.39 is 6.10 Å². The number of rotatable bonds is 3. The topological polar surface area (TPSA) is 40.5 Å². The molecule has 1 saturated heterocycles. The van der Waals surface area contributed by atoms with Crippen molar-refractivity contribution in [2.75, 3.05) is 13.1 Å². The molecule has 4 heteroatoms. The first-order valence-corrected chi connectivity index (χ1v) is 10.8. The zero-order valence-corrected chi connectivity index (χ0v) is 15.9. The second-order valence-corrected chi connectivity index (χ2v) is 9.82. The van der Waals surface area contributed by atoms with E-state index in [4.69, 9.17) is 0 Å². The van der Waals surface area contributed by atoms with Crippen LogP contribution in [0.4, 0.5) is 4.39 Å². The Morgan fingerprint density at radius 3 is 2.04 bits per heavy atom. The fraction of sp³-hybridized carbons (Fsp3) is 0.696. The van der Waals surface area contributed by atoms with Crippen LogP contribution in [0.3, 0.4) is 0 Å². The van der Waals surface area contributed by atoms with E-state index in [1.54, 1.807) is 12.1 Å². The molecule has 1 heterocycles. The molecule has 1 unspecified atom stereocenters. The van der Waals surface area contributed by atoms with Crippen LogP contribution < -0.4 is 0 Å². The highest BCUT2D eigenvalue weighted by atomic mass is 19.1. The van der Waals surface area contributed by atoms with Crippen molar-refractivity contribution in [3.05, 3.63) is 35.6 Å². The van der Waals surface area contributed by atoms with Crippen molar-refractivity contribution in [1.82, 2.24) is 4.90 Å². The Morgan fingerprint density at radius 2 is 1.52 bits per heavy atom. The minimum atomic E-state index is -0.567. The van der Waals surface area contributed by atoms with E-state index >= 15 is 0 Å². The molecular weight excluding hydrogens is 341 g/mol. The number of carbonyl (C=O) groups excluding carboxylic acids is 1. The zero-order chi connectivity index (χ0) is 18.6. The van der Waals surface area contributed by atoms with Gasteiger partial charge in [0.05, 0.1) is 11.5 Å². The lowest BCUT2D eigenvalue weighted by Gasteiger charge is -2.57. The fourth-order valence-corrected chi connectivity index (χ4v) is 7.06. The van der Waals surface area contributed by atoms with E-state index in [9.17, 15) is 14.3 Å². The Kier molecular flexibility index (Phi) is 4.30. The van der Waals surface area contributed by atoms with Gasteiger partial charge in [-0.05, 0) is 92.7 Å². The summed E-state index contributed by atoms with van der Waals surface area (Å²) in [6.45, 7) is 1.51. The molecule has 1 aliphatic heterocycles. The van der Waals surface area contributed by atoms with Gasteiger partial charge in [0.1, 0.15) is 5.82 Å². The summed E-state index contributed by atoms with van der Waals surface area (Å²) in [6, 6.07) is 6.16. The van der Waals surface area contributed by atoms with Crippen molar-refractivity contribution in [1.29, 1.82) is 0 Å². The zero-order valence-electron chi connectivity index (χ0n) is 15.9. The molecule has 1 atom stereocenters. The summed E-state index contributed by atoms with van der Waals surface area (Å²) in [5.74, 6) is 2.66. The minimum Gasteiger partial charge on any atom is -0.388 e. The molecule has 0 radical (unpaired) electrons. The van der Waals surface area contributed by atoms with Crippen LogP contribution in [0.1, 0.15) is 63.0 Å². The normalized spacial score (nSPS) is 36.8. The smallest absolute Gasteiger partial charge is 0.228 e. The number of piperidine rings is 1. The van der Waals surface area contributed by atoms with Gasteiger partial charge < -0.3 is 10.0 Å². The molecule has 146 valence electrons. The second kappa shape index (κ2) is 6.58. The summed E-state index contributed by atoms with van der Waals surface area (Å²) in [5.41, 5.74) is 0.721. The summed E-state index contributed by atoms with van der Waals surface area (Å²) < 4.78 is 13.1. The van der Waals surface area contributed by atoms with E-state index in [2.05, 4.69) is 4.90 Å². The summed E-state index contributed by atoms with van der Waals surface area (Å²) in [5, 5.41) is 10.7. The number of amides is 1. The highest BCUT2D eigenvalue weighted by molar-refractivity contribution is 5.83. The van der Waals surface area contributed by atoms with Crippen molar-refractivity contribution in [3.63, 3.8) is 0 Å². The highest BCUT2D eigenvalue weighted by Gasteiger charge is 2.55. The number of benzene rings is 1. The van der Waals surface area contributed by atoms with E-state index in [0.29, 0.717) is 5.91 Å². The van der Waals surface area contributed by atoms with E-state index in [1.807, 2.05) is 0 Å². The van der Waals surface area contributed by atoms with Crippen LogP contribution in [0.5, 0.6) is 0 Å². The van der Waals surface area contributed by atoms with Crippen LogP contribution >= 0.6 is 0 Å². The van der Waals surface area contributed by atoms with Crippen LogP contribution in [0.2, 0.25) is 0 Å². The largest absolute Gasteiger partial charge is 0.388 e. The van der Waals surface area contributed by atoms with Crippen molar-refractivity contribution in [2.45, 2.75) is 57.5 Å². The molecule has 1 aromatic rings. The monoisotopic (exact) mass is 371 g/mol. The summed E-state index contributed by atoms with van der Waals surface area (Å²) in [4.78, 5) is 15.6. The van der Waals surface area contributed by atoms with Crippen LogP contribution in [0.15, 0.2) is 24.3 Å². The number of aliphatic hydroxyl groups is 1. The SMILES string of the molecule is O=C(N1CCC(C(O)c2ccc(F)cc2)CC1)C12CC3CC(CC(C3)C1)C2. The van der Waals surface area contributed by atoms with Gasteiger partial charge in [-0.2, -0.15) is 0 Å². The number of hydrogen-bond acceptors (Lipinski definition) is 2.